The van der Waals surface area contributed by atoms with Crippen LogP contribution in [0, 0.1) is 0 Å². The summed E-state index contributed by atoms with van der Waals surface area (Å²) < 4.78 is 41.5. The Bertz CT molecular complexity index is 556. The monoisotopic (exact) mass is 330 g/mol. The van der Waals surface area contributed by atoms with Crippen molar-refractivity contribution in [1.29, 1.82) is 0 Å². The fourth-order valence-corrected chi connectivity index (χ4v) is 1.53. The summed E-state index contributed by atoms with van der Waals surface area (Å²) in [6.45, 7) is 5.50. The van der Waals surface area contributed by atoms with Crippen molar-refractivity contribution >= 4 is 17.5 Å². The summed E-state index contributed by atoms with van der Waals surface area (Å²) in [6, 6.07) is 5.65. The van der Waals surface area contributed by atoms with Gasteiger partial charge in [-0.05, 0) is 24.6 Å². The van der Waals surface area contributed by atoms with E-state index in [0.717, 1.165) is 0 Å². The van der Waals surface area contributed by atoms with E-state index in [1.165, 1.54) is 30.3 Å². The van der Waals surface area contributed by atoms with E-state index < -0.39 is 18.2 Å². The number of hydrogen-bond donors (Lipinski definition) is 2. The van der Waals surface area contributed by atoms with E-state index in [1.807, 2.05) is 0 Å². The summed E-state index contributed by atoms with van der Waals surface area (Å²) in [5, 5.41) is 4.36. The molecule has 5 nitrogen and oxygen atoms in total. The van der Waals surface area contributed by atoms with Crippen molar-refractivity contribution in [2.45, 2.75) is 25.7 Å². The highest BCUT2D eigenvalue weighted by Crippen LogP contribution is 2.18. The van der Waals surface area contributed by atoms with Crippen LogP contribution in [0.3, 0.4) is 0 Å². The topological polar surface area (TPSA) is 67.4 Å². The quantitative estimate of drug-likeness (QED) is 0.755. The summed E-state index contributed by atoms with van der Waals surface area (Å²) in [5.41, 5.74) is 0.685. The molecule has 1 atom stereocenters. The molecule has 2 N–H and O–H groups in total. The zero-order chi connectivity index (χ0) is 17.5. The minimum absolute atomic E-state index is 0.0186. The maximum atomic E-state index is 12.1. The van der Waals surface area contributed by atoms with Crippen LogP contribution in [-0.4, -0.2) is 30.7 Å². The molecule has 2 amide bonds. The van der Waals surface area contributed by atoms with Gasteiger partial charge in [-0.25, -0.2) is 0 Å². The second kappa shape index (κ2) is 8.33. The molecule has 0 fully saturated rings. The summed E-state index contributed by atoms with van der Waals surface area (Å²) in [4.78, 5) is 22.5. The number of halogens is 3. The Balaban J connectivity index is 2.50. The van der Waals surface area contributed by atoms with E-state index in [9.17, 15) is 22.8 Å². The molecule has 0 radical (unpaired) electrons. The van der Waals surface area contributed by atoms with Gasteiger partial charge in [-0.2, -0.15) is 13.2 Å². The third-order valence-corrected chi connectivity index (χ3v) is 2.77. The van der Waals surface area contributed by atoms with E-state index >= 15 is 0 Å². The van der Waals surface area contributed by atoms with Crippen molar-refractivity contribution in [2.75, 3.05) is 11.9 Å². The van der Waals surface area contributed by atoms with Gasteiger partial charge in [0, 0.05) is 12.2 Å². The lowest BCUT2D eigenvalue weighted by molar-refractivity contribution is -0.167. The van der Waals surface area contributed by atoms with Crippen molar-refractivity contribution in [3.8, 4) is 0 Å². The Labute approximate surface area is 131 Å². The minimum Gasteiger partial charge on any atom is -0.365 e. The first-order valence-corrected chi connectivity index (χ1v) is 6.71. The fourth-order valence-electron chi connectivity index (χ4n) is 1.53. The minimum atomic E-state index is -4.94. The SMILES string of the molecule is C=CCOC(C)C(=O)NCc1ccc(NC(=O)C(F)(F)F)cc1. The summed E-state index contributed by atoms with van der Waals surface area (Å²) in [7, 11) is 0. The number of carbonyl (C=O) groups is 2. The molecule has 1 aromatic rings. The number of rotatable bonds is 7. The Kier molecular flexibility index (Phi) is 6.77. The lowest BCUT2D eigenvalue weighted by Crippen LogP contribution is -2.34. The number of carbonyl (C=O) groups excluding carboxylic acids is 2. The molecule has 0 saturated heterocycles. The average Bonchev–Trinajstić information content (AvgIpc) is 2.50. The standard InChI is InChI=1S/C15H17F3N2O3/c1-3-8-23-10(2)13(21)19-9-11-4-6-12(7-5-11)20-14(22)15(16,17)18/h3-7,10H,1,8-9H2,2H3,(H,19,21)(H,20,22). The molecule has 0 aliphatic heterocycles. The van der Waals surface area contributed by atoms with Crippen LogP contribution < -0.4 is 10.6 Å². The molecule has 0 bridgehead atoms. The third kappa shape index (κ3) is 6.52. The van der Waals surface area contributed by atoms with Crippen LogP contribution in [-0.2, 0) is 20.9 Å². The molecule has 1 aromatic carbocycles. The van der Waals surface area contributed by atoms with E-state index in [1.54, 1.807) is 12.2 Å². The van der Waals surface area contributed by atoms with Gasteiger partial charge in [-0.3, -0.25) is 9.59 Å². The van der Waals surface area contributed by atoms with Gasteiger partial charge in [0.1, 0.15) is 6.10 Å². The van der Waals surface area contributed by atoms with E-state index in [4.69, 9.17) is 4.74 Å². The zero-order valence-electron chi connectivity index (χ0n) is 12.4. The predicted octanol–water partition coefficient (Wildman–Crippen LogP) is 2.39. The first-order valence-electron chi connectivity index (χ1n) is 6.71. The maximum Gasteiger partial charge on any atom is 0.471 e. The highest BCUT2D eigenvalue weighted by Gasteiger charge is 2.38. The molecule has 0 aliphatic carbocycles. The van der Waals surface area contributed by atoms with Crippen molar-refractivity contribution in [2.24, 2.45) is 0 Å². The summed E-state index contributed by atoms with van der Waals surface area (Å²) in [5.74, 6) is -2.35. The highest BCUT2D eigenvalue weighted by atomic mass is 19.4. The Morgan fingerprint density at radius 1 is 1.30 bits per heavy atom. The molecule has 126 valence electrons. The van der Waals surface area contributed by atoms with Crippen LogP contribution >= 0.6 is 0 Å². The third-order valence-electron chi connectivity index (χ3n) is 2.77. The molecule has 0 saturated carbocycles. The molecule has 1 rings (SSSR count). The number of hydrogen-bond acceptors (Lipinski definition) is 3. The van der Waals surface area contributed by atoms with Crippen molar-refractivity contribution in [3.05, 3.63) is 42.5 Å². The second-order valence-corrected chi connectivity index (χ2v) is 4.63. The van der Waals surface area contributed by atoms with Gasteiger partial charge in [0.2, 0.25) is 5.91 Å². The molecular weight excluding hydrogens is 313 g/mol. The van der Waals surface area contributed by atoms with Gasteiger partial charge in [0.15, 0.2) is 0 Å². The molecule has 0 aliphatic rings. The van der Waals surface area contributed by atoms with E-state index in [0.29, 0.717) is 5.56 Å². The Morgan fingerprint density at radius 3 is 2.43 bits per heavy atom. The number of ether oxygens (including phenoxy) is 1. The van der Waals surface area contributed by atoms with Crippen LogP contribution in [0.2, 0.25) is 0 Å². The number of amides is 2. The molecule has 8 heteroatoms. The van der Waals surface area contributed by atoms with Gasteiger partial charge in [0.05, 0.1) is 6.61 Å². The lowest BCUT2D eigenvalue weighted by Gasteiger charge is -2.12. The maximum absolute atomic E-state index is 12.1. The van der Waals surface area contributed by atoms with Crippen LogP contribution in [0.15, 0.2) is 36.9 Å². The Morgan fingerprint density at radius 2 is 1.91 bits per heavy atom. The zero-order valence-corrected chi connectivity index (χ0v) is 12.4. The van der Waals surface area contributed by atoms with Gasteiger partial charge in [-0.15, -0.1) is 6.58 Å². The van der Waals surface area contributed by atoms with Crippen LogP contribution in [0.4, 0.5) is 18.9 Å². The van der Waals surface area contributed by atoms with Gasteiger partial charge >= 0.3 is 12.1 Å². The molecule has 1 unspecified atom stereocenters. The predicted molar refractivity (Wildman–Crippen MR) is 78.6 cm³/mol. The molecular formula is C15H17F3N2O3. The van der Waals surface area contributed by atoms with Gasteiger partial charge in [-0.1, -0.05) is 18.2 Å². The van der Waals surface area contributed by atoms with Crippen molar-refractivity contribution in [3.63, 3.8) is 0 Å². The normalized spacial score (nSPS) is 12.3. The fraction of sp³-hybridized carbons (Fsp3) is 0.333. The second-order valence-electron chi connectivity index (χ2n) is 4.63. The molecule has 23 heavy (non-hydrogen) atoms. The van der Waals surface area contributed by atoms with Crippen LogP contribution in [0.1, 0.15) is 12.5 Å². The van der Waals surface area contributed by atoms with Crippen molar-refractivity contribution < 1.29 is 27.5 Å². The number of benzene rings is 1. The molecule has 0 spiro atoms. The molecule has 0 heterocycles. The largest absolute Gasteiger partial charge is 0.471 e. The summed E-state index contributed by atoms with van der Waals surface area (Å²) in [6.07, 6.45) is -4.05. The first-order chi connectivity index (χ1) is 10.7. The molecule has 0 aromatic heterocycles. The van der Waals surface area contributed by atoms with Gasteiger partial charge < -0.3 is 15.4 Å². The van der Waals surface area contributed by atoms with Crippen molar-refractivity contribution in [1.82, 2.24) is 5.32 Å². The van der Waals surface area contributed by atoms with Crippen LogP contribution in [0.5, 0.6) is 0 Å². The van der Waals surface area contributed by atoms with E-state index in [-0.39, 0.29) is 24.7 Å². The first kappa shape index (κ1) is 18.7. The number of anilines is 1. The van der Waals surface area contributed by atoms with Gasteiger partial charge in [0.25, 0.3) is 0 Å². The van der Waals surface area contributed by atoms with Crippen LogP contribution in [0.25, 0.3) is 0 Å². The average molecular weight is 330 g/mol. The Hall–Kier alpha value is -2.35. The van der Waals surface area contributed by atoms with E-state index in [2.05, 4.69) is 11.9 Å². The summed E-state index contributed by atoms with van der Waals surface area (Å²) >= 11 is 0. The lowest BCUT2D eigenvalue weighted by atomic mass is 10.2. The number of alkyl halides is 3. The smallest absolute Gasteiger partial charge is 0.365 e. The number of nitrogens with one attached hydrogen (secondary N) is 2. The highest BCUT2D eigenvalue weighted by molar-refractivity contribution is 5.94.